The molecule has 3 nitrogen and oxygen atoms in total. The van der Waals surface area contributed by atoms with E-state index in [2.05, 4.69) is 0 Å². The lowest BCUT2D eigenvalue weighted by Crippen LogP contribution is -2.29. The van der Waals surface area contributed by atoms with Gasteiger partial charge in [-0.15, -0.1) is 0 Å². The van der Waals surface area contributed by atoms with E-state index in [1.54, 1.807) is 12.1 Å². The first-order valence-electron chi connectivity index (χ1n) is 6.11. The number of benzene rings is 2. The molecule has 2 rings (SSSR count). The van der Waals surface area contributed by atoms with Crippen molar-refractivity contribution in [2.45, 2.75) is 12.8 Å². The molecular weight excluding hydrogens is 284 g/mol. The summed E-state index contributed by atoms with van der Waals surface area (Å²) in [5, 5.41) is 18.1. The van der Waals surface area contributed by atoms with Crippen molar-refractivity contribution >= 4 is 12.6 Å². The van der Waals surface area contributed by atoms with Crippen LogP contribution < -0.4 is 10.2 Å². The van der Waals surface area contributed by atoms with Crippen LogP contribution in [0.3, 0.4) is 0 Å². The van der Waals surface area contributed by atoms with Crippen LogP contribution in [0.4, 0.5) is 13.2 Å². The third-order valence-electron chi connectivity index (χ3n) is 2.84. The largest absolute Gasteiger partial charge is 0.489 e. The van der Waals surface area contributed by atoms with Gasteiger partial charge in [-0.3, -0.25) is 0 Å². The Morgan fingerprint density at radius 3 is 2.24 bits per heavy atom. The fourth-order valence-electron chi connectivity index (χ4n) is 1.72. The van der Waals surface area contributed by atoms with Gasteiger partial charge in [-0.1, -0.05) is 24.3 Å². The first-order valence-corrected chi connectivity index (χ1v) is 6.11. The second kappa shape index (κ2) is 6.20. The molecule has 0 radical (unpaired) electrons. The van der Waals surface area contributed by atoms with Gasteiger partial charge in [0.05, 0.1) is 5.56 Å². The molecule has 0 bridgehead atoms. The molecule has 0 unspecified atom stereocenters. The highest BCUT2D eigenvalue weighted by Gasteiger charge is 2.29. The van der Waals surface area contributed by atoms with Crippen LogP contribution in [0.25, 0.3) is 0 Å². The SMILES string of the molecule is OB(O)c1cccc(OCc2ccc(C(F)(F)F)cc2)c1. The maximum absolute atomic E-state index is 12.4. The zero-order valence-corrected chi connectivity index (χ0v) is 10.8. The smallest absolute Gasteiger partial charge is 0.488 e. The fraction of sp³-hybridized carbons (Fsp3) is 0.143. The predicted molar refractivity (Wildman–Crippen MR) is 72.0 cm³/mol. The molecule has 0 spiro atoms. The summed E-state index contributed by atoms with van der Waals surface area (Å²) in [6, 6.07) is 10.9. The quantitative estimate of drug-likeness (QED) is 0.848. The Balaban J connectivity index is 2.01. The average molecular weight is 296 g/mol. The Morgan fingerprint density at radius 2 is 1.67 bits per heavy atom. The first kappa shape index (κ1) is 15.4. The lowest BCUT2D eigenvalue weighted by Gasteiger charge is -2.10. The Kier molecular flexibility index (Phi) is 4.54. The molecule has 7 heteroatoms. The van der Waals surface area contributed by atoms with Gasteiger partial charge in [-0.2, -0.15) is 13.2 Å². The number of alkyl halides is 3. The van der Waals surface area contributed by atoms with Crippen LogP contribution in [0.5, 0.6) is 5.75 Å². The van der Waals surface area contributed by atoms with Crippen LogP contribution >= 0.6 is 0 Å². The molecule has 2 N–H and O–H groups in total. The Hall–Kier alpha value is -1.99. The van der Waals surface area contributed by atoms with Crippen molar-refractivity contribution in [1.29, 1.82) is 0 Å². The predicted octanol–water partition coefficient (Wildman–Crippen LogP) is 1.96. The van der Waals surface area contributed by atoms with Crippen molar-refractivity contribution in [3.8, 4) is 5.75 Å². The van der Waals surface area contributed by atoms with Crippen LogP contribution in [0.1, 0.15) is 11.1 Å². The van der Waals surface area contributed by atoms with Gasteiger partial charge < -0.3 is 14.8 Å². The molecule has 0 saturated heterocycles. The van der Waals surface area contributed by atoms with Crippen LogP contribution in [0, 0.1) is 0 Å². The van der Waals surface area contributed by atoms with Crippen LogP contribution in [0.15, 0.2) is 48.5 Å². The average Bonchev–Trinajstić information content (AvgIpc) is 2.45. The summed E-state index contributed by atoms with van der Waals surface area (Å²) in [7, 11) is -1.60. The summed E-state index contributed by atoms with van der Waals surface area (Å²) < 4.78 is 42.6. The molecule has 0 fully saturated rings. The van der Waals surface area contributed by atoms with E-state index in [0.717, 1.165) is 12.1 Å². The van der Waals surface area contributed by atoms with E-state index < -0.39 is 18.9 Å². The van der Waals surface area contributed by atoms with E-state index in [9.17, 15) is 13.2 Å². The van der Waals surface area contributed by atoms with Crippen LogP contribution in [0.2, 0.25) is 0 Å². The molecule has 0 amide bonds. The van der Waals surface area contributed by atoms with Gasteiger partial charge in [-0.25, -0.2) is 0 Å². The van der Waals surface area contributed by atoms with E-state index >= 15 is 0 Å². The van der Waals surface area contributed by atoms with Gasteiger partial charge in [0.1, 0.15) is 12.4 Å². The molecule has 0 aliphatic heterocycles. The van der Waals surface area contributed by atoms with Crippen molar-refractivity contribution in [2.24, 2.45) is 0 Å². The Morgan fingerprint density at radius 1 is 1.00 bits per heavy atom. The number of hydrogen-bond donors (Lipinski definition) is 2. The van der Waals surface area contributed by atoms with Gasteiger partial charge in [0.15, 0.2) is 0 Å². The van der Waals surface area contributed by atoms with Crippen molar-refractivity contribution in [1.82, 2.24) is 0 Å². The molecule has 0 atom stereocenters. The van der Waals surface area contributed by atoms with E-state index in [1.165, 1.54) is 24.3 Å². The zero-order valence-electron chi connectivity index (χ0n) is 10.8. The highest BCUT2D eigenvalue weighted by molar-refractivity contribution is 6.58. The summed E-state index contributed by atoms with van der Waals surface area (Å²) in [5.74, 6) is 0.403. The molecule has 0 aliphatic rings. The molecule has 21 heavy (non-hydrogen) atoms. The summed E-state index contributed by atoms with van der Waals surface area (Å²) in [5.41, 5.74) is 0.148. The third kappa shape index (κ3) is 4.24. The summed E-state index contributed by atoms with van der Waals surface area (Å²) in [6.07, 6.45) is -4.36. The van der Waals surface area contributed by atoms with E-state index in [1.807, 2.05) is 0 Å². The molecule has 110 valence electrons. The normalized spacial score (nSPS) is 11.3. The Labute approximate surface area is 119 Å². The summed E-state index contributed by atoms with van der Waals surface area (Å²) >= 11 is 0. The second-order valence-corrected chi connectivity index (χ2v) is 4.43. The van der Waals surface area contributed by atoms with Gasteiger partial charge in [0, 0.05) is 0 Å². The van der Waals surface area contributed by atoms with Gasteiger partial charge in [0.25, 0.3) is 0 Å². The number of ether oxygens (including phenoxy) is 1. The van der Waals surface area contributed by atoms with E-state index in [-0.39, 0.29) is 12.1 Å². The zero-order chi connectivity index (χ0) is 15.5. The molecule has 0 aromatic heterocycles. The Bertz CT molecular complexity index is 597. The molecule has 2 aromatic rings. The minimum absolute atomic E-state index is 0.0864. The summed E-state index contributed by atoms with van der Waals surface area (Å²) in [4.78, 5) is 0. The topological polar surface area (TPSA) is 49.7 Å². The van der Waals surface area contributed by atoms with Crippen molar-refractivity contribution in [3.05, 3.63) is 59.7 Å². The fourth-order valence-corrected chi connectivity index (χ4v) is 1.72. The van der Waals surface area contributed by atoms with Crippen molar-refractivity contribution in [2.75, 3.05) is 0 Å². The highest BCUT2D eigenvalue weighted by atomic mass is 19.4. The van der Waals surface area contributed by atoms with Crippen molar-refractivity contribution < 1.29 is 28.0 Å². The van der Waals surface area contributed by atoms with E-state index in [4.69, 9.17) is 14.8 Å². The van der Waals surface area contributed by atoms with Crippen molar-refractivity contribution in [3.63, 3.8) is 0 Å². The third-order valence-corrected chi connectivity index (χ3v) is 2.84. The van der Waals surface area contributed by atoms with E-state index in [0.29, 0.717) is 11.3 Å². The van der Waals surface area contributed by atoms with Gasteiger partial charge in [0.2, 0.25) is 0 Å². The first-order chi connectivity index (χ1) is 9.86. The van der Waals surface area contributed by atoms with Crippen LogP contribution in [-0.2, 0) is 12.8 Å². The van der Waals surface area contributed by atoms with Crippen LogP contribution in [-0.4, -0.2) is 17.2 Å². The molecular formula is C14H12BF3O3. The lowest BCUT2D eigenvalue weighted by molar-refractivity contribution is -0.137. The molecule has 0 saturated carbocycles. The monoisotopic (exact) mass is 296 g/mol. The molecule has 0 heterocycles. The van der Waals surface area contributed by atoms with Gasteiger partial charge >= 0.3 is 13.3 Å². The molecule has 2 aromatic carbocycles. The lowest BCUT2D eigenvalue weighted by atomic mass is 9.80. The highest BCUT2D eigenvalue weighted by Crippen LogP contribution is 2.29. The molecule has 0 aliphatic carbocycles. The minimum Gasteiger partial charge on any atom is -0.489 e. The summed E-state index contributed by atoms with van der Waals surface area (Å²) in [6.45, 7) is 0.0864. The van der Waals surface area contributed by atoms with Gasteiger partial charge in [-0.05, 0) is 35.3 Å². The standard InChI is InChI=1S/C14H12BF3O3/c16-14(17,18)11-6-4-10(5-7-11)9-21-13-3-1-2-12(8-13)15(19)20/h1-8,19-20H,9H2. The number of rotatable bonds is 4. The maximum atomic E-state index is 12.4. The minimum atomic E-state index is -4.36. The number of hydrogen-bond acceptors (Lipinski definition) is 3. The maximum Gasteiger partial charge on any atom is 0.488 e. The number of halogens is 3. The second-order valence-electron chi connectivity index (χ2n) is 4.43.